The number of nitriles is 1. The highest BCUT2D eigenvalue weighted by molar-refractivity contribution is 6.30. The first-order chi connectivity index (χ1) is 12.2. The van der Waals surface area contributed by atoms with Gasteiger partial charge in [-0.25, -0.2) is 4.98 Å². The summed E-state index contributed by atoms with van der Waals surface area (Å²) in [4.78, 5) is 7.11. The van der Waals surface area contributed by atoms with E-state index in [-0.39, 0.29) is 0 Å². The van der Waals surface area contributed by atoms with Crippen LogP contribution < -0.4 is 10.2 Å². The third-order valence-corrected chi connectivity index (χ3v) is 4.81. The van der Waals surface area contributed by atoms with Gasteiger partial charge in [0.1, 0.15) is 5.65 Å². The molecule has 1 atom stereocenters. The van der Waals surface area contributed by atoms with E-state index in [0.29, 0.717) is 16.6 Å². The average Bonchev–Trinajstić information content (AvgIpc) is 3.03. The first kappa shape index (κ1) is 15.9. The van der Waals surface area contributed by atoms with Gasteiger partial charge in [-0.15, -0.1) is 0 Å². The van der Waals surface area contributed by atoms with Crippen LogP contribution in [-0.2, 0) is 6.42 Å². The molecule has 6 heteroatoms. The largest absolute Gasteiger partial charge is 0.366 e. The van der Waals surface area contributed by atoms with Crippen LogP contribution in [0.2, 0.25) is 5.02 Å². The average molecular weight is 352 g/mol. The number of halogens is 1. The van der Waals surface area contributed by atoms with E-state index in [1.807, 2.05) is 53.2 Å². The normalized spacial score (nSPS) is 17.6. The maximum absolute atomic E-state index is 8.98. The van der Waals surface area contributed by atoms with Gasteiger partial charge >= 0.3 is 0 Å². The van der Waals surface area contributed by atoms with E-state index < -0.39 is 0 Å². The molecule has 4 rings (SSSR count). The summed E-state index contributed by atoms with van der Waals surface area (Å²) in [5.41, 5.74) is 3.80. The molecular formula is C19H18ClN5. The highest BCUT2D eigenvalue weighted by Gasteiger charge is 2.23. The molecule has 1 N–H and O–H groups in total. The summed E-state index contributed by atoms with van der Waals surface area (Å²) in [6.07, 6.45) is 4.78. The van der Waals surface area contributed by atoms with Crippen molar-refractivity contribution in [3.05, 3.63) is 65.1 Å². The minimum absolute atomic E-state index is 0.321. The van der Waals surface area contributed by atoms with Crippen LogP contribution in [0, 0.1) is 11.3 Å². The molecule has 0 saturated carbocycles. The van der Waals surface area contributed by atoms with Gasteiger partial charge in [-0.05, 0) is 36.4 Å². The van der Waals surface area contributed by atoms with Crippen LogP contribution in [0.4, 0.5) is 5.69 Å². The molecule has 0 aliphatic carbocycles. The second-order valence-corrected chi connectivity index (χ2v) is 6.70. The number of imidazole rings is 1. The lowest BCUT2D eigenvalue weighted by molar-refractivity contribution is 0.471. The molecule has 2 aromatic heterocycles. The van der Waals surface area contributed by atoms with Gasteiger partial charge in [0.2, 0.25) is 0 Å². The van der Waals surface area contributed by atoms with E-state index in [4.69, 9.17) is 21.8 Å². The maximum atomic E-state index is 8.98. The second kappa shape index (κ2) is 6.75. The number of piperazine rings is 1. The molecule has 0 amide bonds. The Balaban J connectivity index is 1.58. The molecule has 126 valence electrons. The third kappa shape index (κ3) is 3.32. The molecule has 5 nitrogen and oxygen atoms in total. The lowest BCUT2D eigenvalue weighted by Crippen LogP contribution is -2.52. The van der Waals surface area contributed by atoms with Crippen LogP contribution in [0.25, 0.3) is 5.65 Å². The van der Waals surface area contributed by atoms with Gasteiger partial charge in [0.05, 0.1) is 22.3 Å². The van der Waals surface area contributed by atoms with Gasteiger partial charge < -0.3 is 14.6 Å². The Labute approximate surface area is 151 Å². The molecule has 1 aliphatic rings. The van der Waals surface area contributed by atoms with Crippen LogP contribution in [0.5, 0.6) is 0 Å². The van der Waals surface area contributed by atoms with Crippen molar-refractivity contribution in [2.24, 2.45) is 0 Å². The standard InChI is InChI=1S/C19H18ClN5/c20-15-3-6-19-23-16(13-24(19)12-15)9-18-11-22-7-8-25(18)17-4-1-14(10-21)2-5-17/h1-6,12-13,18,22H,7-9,11H2. The number of rotatable bonds is 3. The summed E-state index contributed by atoms with van der Waals surface area (Å²) in [6, 6.07) is 14.1. The van der Waals surface area contributed by atoms with Crippen molar-refractivity contribution >= 4 is 22.9 Å². The number of hydrogen-bond donors (Lipinski definition) is 1. The fourth-order valence-corrected chi connectivity index (χ4v) is 3.54. The monoisotopic (exact) mass is 351 g/mol. The SMILES string of the molecule is N#Cc1ccc(N2CCNCC2Cc2cn3cc(Cl)ccc3n2)cc1. The van der Waals surface area contributed by atoms with Crippen molar-refractivity contribution in [3.63, 3.8) is 0 Å². The number of nitrogens with zero attached hydrogens (tertiary/aromatic N) is 4. The molecular weight excluding hydrogens is 334 g/mol. The van der Waals surface area contributed by atoms with Gasteiger partial charge in [0.25, 0.3) is 0 Å². The van der Waals surface area contributed by atoms with Crippen molar-refractivity contribution in [2.45, 2.75) is 12.5 Å². The number of pyridine rings is 1. The minimum Gasteiger partial charge on any atom is -0.366 e. The fraction of sp³-hybridized carbons (Fsp3) is 0.263. The molecule has 0 bridgehead atoms. The Morgan fingerprint density at radius 1 is 1.20 bits per heavy atom. The van der Waals surface area contributed by atoms with Gasteiger partial charge in [-0.2, -0.15) is 5.26 Å². The Morgan fingerprint density at radius 2 is 2.04 bits per heavy atom. The number of benzene rings is 1. The maximum Gasteiger partial charge on any atom is 0.137 e. The van der Waals surface area contributed by atoms with Gasteiger partial charge in [0.15, 0.2) is 0 Å². The molecule has 0 spiro atoms. The molecule has 1 fully saturated rings. The van der Waals surface area contributed by atoms with E-state index in [1.54, 1.807) is 0 Å². The minimum atomic E-state index is 0.321. The van der Waals surface area contributed by atoms with E-state index in [0.717, 1.165) is 43.1 Å². The van der Waals surface area contributed by atoms with Crippen LogP contribution in [0.15, 0.2) is 48.8 Å². The number of aromatic nitrogens is 2. The summed E-state index contributed by atoms with van der Waals surface area (Å²) >= 11 is 6.06. The van der Waals surface area contributed by atoms with Crippen LogP contribution in [0.1, 0.15) is 11.3 Å². The van der Waals surface area contributed by atoms with E-state index in [9.17, 15) is 0 Å². The summed E-state index contributed by atoms with van der Waals surface area (Å²) in [5, 5.41) is 13.2. The van der Waals surface area contributed by atoms with Crippen molar-refractivity contribution < 1.29 is 0 Å². The Kier molecular flexibility index (Phi) is 4.31. The van der Waals surface area contributed by atoms with Crippen molar-refractivity contribution in [2.75, 3.05) is 24.5 Å². The van der Waals surface area contributed by atoms with E-state index in [2.05, 4.69) is 16.3 Å². The lowest BCUT2D eigenvalue weighted by atomic mass is 10.1. The molecule has 0 radical (unpaired) electrons. The summed E-state index contributed by atoms with van der Waals surface area (Å²) in [7, 11) is 0. The smallest absolute Gasteiger partial charge is 0.137 e. The molecule has 1 aromatic carbocycles. The first-order valence-electron chi connectivity index (χ1n) is 8.33. The highest BCUT2D eigenvalue weighted by Crippen LogP contribution is 2.22. The number of anilines is 1. The molecule has 25 heavy (non-hydrogen) atoms. The zero-order valence-electron chi connectivity index (χ0n) is 13.7. The van der Waals surface area contributed by atoms with Gasteiger partial charge in [-0.1, -0.05) is 11.6 Å². The van der Waals surface area contributed by atoms with Gasteiger partial charge in [0, 0.05) is 50.2 Å². The number of hydrogen-bond acceptors (Lipinski definition) is 4. The third-order valence-electron chi connectivity index (χ3n) is 4.59. The second-order valence-electron chi connectivity index (χ2n) is 6.26. The van der Waals surface area contributed by atoms with Crippen molar-refractivity contribution in [1.29, 1.82) is 5.26 Å². The van der Waals surface area contributed by atoms with Crippen LogP contribution >= 0.6 is 11.6 Å². The zero-order valence-corrected chi connectivity index (χ0v) is 14.4. The predicted molar refractivity (Wildman–Crippen MR) is 99.1 cm³/mol. The van der Waals surface area contributed by atoms with Gasteiger partial charge in [-0.3, -0.25) is 0 Å². The summed E-state index contributed by atoms with van der Waals surface area (Å²) < 4.78 is 1.97. The van der Waals surface area contributed by atoms with Crippen LogP contribution in [0.3, 0.4) is 0 Å². The molecule has 1 unspecified atom stereocenters. The van der Waals surface area contributed by atoms with Crippen molar-refractivity contribution in [3.8, 4) is 6.07 Å². The summed E-state index contributed by atoms with van der Waals surface area (Å²) in [5.74, 6) is 0. The predicted octanol–water partition coefficient (Wildman–Crippen LogP) is 2.88. The molecule has 1 saturated heterocycles. The first-order valence-corrected chi connectivity index (χ1v) is 8.71. The Morgan fingerprint density at radius 3 is 2.84 bits per heavy atom. The lowest BCUT2D eigenvalue weighted by Gasteiger charge is -2.37. The zero-order chi connectivity index (χ0) is 17.2. The molecule has 3 heterocycles. The topological polar surface area (TPSA) is 56.4 Å². The van der Waals surface area contributed by atoms with E-state index in [1.165, 1.54) is 0 Å². The van der Waals surface area contributed by atoms with Crippen molar-refractivity contribution in [1.82, 2.24) is 14.7 Å². The quantitative estimate of drug-likeness (QED) is 0.788. The highest BCUT2D eigenvalue weighted by atomic mass is 35.5. The Hall–Kier alpha value is -2.55. The fourth-order valence-electron chi connectivity index (χ4n) is 3.37. The van der Waals surface area contributed by atoms with E-state index >= 15 is 0 Å². The van der Waals surface area contributed by atoms with Crippen LogP contribution in [-0.4, -0.2) is 35.1 Å². The Bertz CT molecular complexity index is 925. The number of nitrogens with one attached hydrogen (secondary N) is 1. The molecule has 3 aromatic rings. The number of fused-ring (bicyclic) bond motifs is 1. The summed E-state index contributed by atoms with van der Waals surface area (Å²) in [6.45, 7) is 2.81. The molecule has 1 aliphatic heterocycles.